The van der Waals surface area contributed by atoms with Crippen LogP contribution >= 0.6 is 0 Å². The highest BCUT2D eigenvalue weighted by molar-refractivity contribution is 5.87. The first kappa shape index (κ1) is 11.7. The second-order valence-electron chi connectivity index (χ2n) is 3.68. The second-order valence-corrected chi connectivity index (χ2v) is 3.68. The molecule has 0 radical (unpaired) electrons. The number of carboxylic acid groups (broad SMARTS) is 1. The van der Waals surface area contributed by atoms with Gasteiger partial charge in [0.1, 0.15) is 0 Å². The van der Waals surface area contributed by atoms with E-state index in [9.17, 15) is 4.79 Å². The molecular formula is C12H17NO2. The molecule has 1 aromatic carbocycles. The van der Waals surface area contributed by atoms with Crippen LogP contribution in [0.2, 0.25) is 0 Å². The van der Waals surface area contributed by atoms with Crippen LogP contribution in [0.5, 0.6) is 0 Å². The van der Waals surface area contributed by atoms with Gasteiger partial charge in [-0.2, -0.15) is 0 Å². The van der Waals surface area contributed by atoms with Crippen LogP contribution in [0.3, 0.4) is 0 Å². The molecule has 1 atom stereocenters. The van der Waals surface area contributed by atoms with Crippen molar-refractivity contribution >= 4 is 5.97 Å². The van der Waals surface area contributed by atoms with Crippen molar-refractivity contribution in [3.8, 4) is 0 Å². The van der Waals surface area contributed by atoms with Crippen LogP contribution in [0.4, 0.5) is 0 Å². The normalized spacial score (nSPS) is 12.4. The van der Waals surface area contributed by atoms with Crippen molar-refractivity contribution in [1.82, 2.24) is 0 Å². The molecule has 1 rings (SSSR count). The molecule has 0 bridgehead atoms. The van der Waals surface area contributed by atoms with Gasteiger partial charge in [-0.05, 0) is 24.1 Å². The zero-order valence-corrected chi connectivity index (χ0v) is 8.94. The number of carbonyl (C=O) groups is 1. The Bertz CT molecular complexity index is 319. The monoisotopic (exact) mass is 207 g/mol. The van der Waals surface area contributed by atoms with E-state index in [2.05, 4.69) is 6.92 Å². The van der Waals surface area contributed by atoms with E-state index in [1.807, 2.05) is 0 Å². The van der Waals surface area contributed by atoms with Gasteiger partial charge in [0.05, 0.1) is 5.56 Å². The summed E-state index contributed by atoms with van der Waals surface area (Å²) in [5.74, 6) is -0.899. The molecule has 82 valence electrons. The summed E-state index contributed by atoms with van der Waals surface area (Å²) in [6.45, 7) is 2.13. The summed E-state index contributed by atoms with van der Waals surface area (Å²) in [6, 6.07) is 6.81. The Morgan fingerprint density at radius 2 is 2.00 bits per heavy atom. The first-order valence-corrected chi connectivity index (χ1v) is 5.24. The molecule has 3 nitrogen and oxygen atoms in total. The lowest BCUT2D eigenvalue weighted by atomic mass is 10.0. The third-order valence-electron chi connectivity index (χ3n) is 2.45. The molecule has 0 amide bonds. The molecule has 1 unspecified atom stereocenters. The number of hydrogen-bond donors (Lipinski definition) is 2. The summed E-state index contributed by atoms with van der Waals surface area (Å²) in [4.78, 5) is 10.6. The van der Waals surface area contributed by atoms with E-state index in [0.717, 1.165) is 24.8 Å². The van der Waals surface area contributed by atoms with Gasteiger partial charge in [-0.3, -0.25) is 0 Å². The van der Waals surface area contributed by atoms with E-state index in [4.69, 9.17) is 10.8 Å². The van der Waals surface area contributed by atoms with Gasteiger partial charge in [0.15, 0.2) is 0 Å². The third-order valence-corrected chi connectivity index (χ3v) is 2.45. The third kappa shape index (κ3) is 3.36. The average Bonchev–Trinajstić information content (AvgIpc) is 2.26. The zero-order chi connectivity index (χ0) is 11.3. The fourth-order valence-corrected chi connectivity index (χ4v) is 1.46. The molecule has 0 spiro atoms. The highest BCUT2D eigenvalue weighted by atomic mass is 16.4. The molecule has 0 heterocycles. The number of rotatable bonds is 5. The van der Waals surface area contributed by atoms with Gasteiger partial charge in [0.25, 0.3) is 0 Å². The SMILES string of the molecule is CCCCC(N)c1ccc(C(=O)O)cc1. The van der Waals surface area contributed by atoms with Gasteiger partial charge in [0, 0.05) is 6.04 Å². The van der Waals surface area contributed by atoms with Crippen molar-refractivity contribution in [1.29, 1.82) is 0 Å². The van der Waals surface area contributed by atoms with Crippen molar-refractivity contribution in [3.05, 3.63) is 35.4 Å². The van der Waals surface area contributed by atoms with E-state index in [1.165, 1.54) is 0 Å². The van der Waals surface area contributed by atoms with Crippen molar-refractivity contribution < 1.29 is 9.90 Å². The maximum Gasteiger partial charge on any atom is 0.335 e. The van der Waals surface area contributed by atoms with Crippen LogP contribution in [0.25, 0.3) is 0 Å². The molecule has 3 N–H and O–H groups in total. The number of hydrogen-bond acceptors (Lipinski definition) is 2. The highest BCUT2D eigenvalue weighted by Gasteiger charge is 2.07. The minimum absolute atomic E-state index is 0.0211. The number of aromatic carboxylic acids is 1. The lowest BCUT2D eigenvalue weighted by Crippen LogP contribution is -2.10. The Morgan fingerprint density at radius 3 is 2.47 bits per heavy atom. The van der Waals surface area contributed by atoms with Gasteiger partial charge >= 0.3 is 5.97 Å². The Balaban J connectivity index is 2.66. The van der Waals surface area contributed by atoms with Crippen LogP contribution in [0, 0.1) is 0 Å². The average molecular weight is 207 g/mol. The fourth-order valence-electron chi connectivity index (χ4n) is 1.46. The van der Waals surface area contributed by atoms with E-state index >= 15 is 0 Å². The molecule has 0 saturated carbocycles. The van der Waals surface area contributed by atoms with Crippen LogP contribution in [-0.4, -0.2) is 11.1 Å². The topological polar surface area (TPSA) is 63.3 Å². The molecule has 0 fully saturated rings. The maximum absolute atomic E-state index is 10.6. The maximum atomic E-state index is 10.6. The van der Waals surface area contributed by atoms with Gasteiger partial charge in [0.2, 0.25) is 0 Å². The Morgan fingerprint density at radius 1 is 1.40 bits per heavy atom. The van der Waals surface area contributed by atoms with Crippen molar-refractivity contribution in [2.45, 2.75) is 32.2 Å². The molecular weight excluding hydrogens is 190 g/mol. The molecule has 0 saturated heterocycles. The van der Waals surface area contributed by atoms with E-state index in [-0.39, 0.29) is 6.04 Å². The minimum Gasteiger partial charge on any atom is -0.478 e. The Labute approximate surface area is 89.9 Å². The highest BCUT2D eigenvalue weighted by Crippen LogP contribution is 2.17. The smallest absolute Gasteiger partial charge is 0.335 e. The summed E-state index contributed by atoms with van der Waals surface area (Å²) < 4.78 is 0. The largest absolute Gasteiger partial charge is 0.478 e. The summed E-state index contributed by atoms with van der Waals surface area (Å²) in [6.07, 6.45) is 3.17. The van der Waals surface area contributed by atoms with Gasteiger partial charge in [-0.1, -0.05) is 31.9 Å². The molecule has 3 heteroatoms. The number of unbranched alkanes of at least 4 members (excludes halogenated alkanes) is 1. The van der Waals surface area contributed by atoms with E-state index in [1.54, 1.807) is 24.3 Å². The molecule has 0 aliphatic carbocycles. The first-order chi connectivity index (χ1) is 7.15. The predicted molar refractivity (Wildman–Crippen MR) is 59.9 cm³/mol. The van der Waals surface area contributed by atoms with Gasteiger partial charge in [-0.25, -0.2) is 4.79 Å². The quantitative estimate of drug-likeness (QED) is 0.780. The molecule has 1 aromatic rings. The minimum atomic E-state index is -0.899. The van der Waals surface area contributed by atoms with Crippen LogP contribution < -0.4 is 5.73 Å². The lowest BCUT2D eigenvalue weighted by molar-refractivity contribution is 0.0697. The van der Waals surface area contributed by atoms with Crippen molar-refractivity contribution in [2.24, 2.45) is 5.73 Å². The summed E-state index contributed by atoms with van der Waals surface area (Å²) >= 11 is 0. The second kappa shape index (κ2) is 5.51. The summed E-state index contributed by atoms with van der Waals surface area (Å²) in [5, 5.41) is 8.72. The molecule has 0 aliphatic rings. The fraction of sp³-hybridized carbons (Fsp3) is 0.417. The number of benzene rings is 1. The van der Waals surface area contributed by atoms with Crippen LogP contribution in [0.1, 0.15) is 48.1 Å². The lowest BCUT2D eigenvalue weighted by Gasteiger charge is -2.11. The van der Waals surface area contributed by atoms with Crippen LogP contribution in [-0.2, 0) is 0 Å². The molecule has 0 aliphatic heterocycles. The Hall–Kier alpha value is -1.35. The molecule has 0 aromatic heterocycles. The molecule has 15 heavy (non-hydrogen) atoms. The Kier molecular flexibility index (Phi) is 4.31. The van der Waals surface area contributed by atoms with Gasteiger partial charge < -0.3 is 10.8 Å². The predicted octanol–water partition coefficient (Wildman–Crippen LogP) is 2.57. The first-order valence-electron chi connectivity index (χ1n) is 5.24. The zero-order valence-electron chi connectivity index (χ0n) is 8.94. The van der Waals surface area contributed by atoms with Crippen molar-refractivity contribution in [3.63, 3.8) is 0 Å². The van der Waals surface area contributed by atoms with E-state index in [0.29, 0.717) is 5.56 Å². The number of nitrogens with two attached hydrogens (primary N) is 1. The summed E-state index contributed by atoms with van der Waals surface area (Å²) in [5.41, 5.74) is 7.27. The summed E-state index contributed by atoms with van der Waals surface area (Å²) in [7, 11) is 0. The number of carboxylic acids is 1. The van der Waals surface area contributed by atoms with Crippen LogP contribution in [0.15, 0.2) is 24.3 Å². The van der Waals surface area contributed by atoms with Gasteiger partial charge in [-0.15, -0.1) is 0 Å². The van der Waals surface area contributed by atoms with Crippen molar-refractivity contribution in [2.75, 3.05) is 0 Å². The van der Waals surface area contributed by atoms with E-state index < -0.39 is 5.97 Å². The standard InChI is InChI=1S/C12H17NO2/c1-2-3-4-11(13)9-5-7-10(8-6-9)12(14)15/h5-8,11H,2-4,13H2,1H3,(H,14,15).